The van der Waals surface area contributed by atoms with Gasteiger partial charge < -0.3 is 9.79 Å². The number of rotatable bonds is 14. The van der Waals surface area contributed by atoms with Crippen molar-refractivity contribution >= 4 is 8.25 Å². The van der Waals surface area contributed by atoms with E-state index in [1.807, 2.05) is 0 Å². The maximum absolute atomic E-state index is 14.6. The molecular weight excluding hydrogens is 801 g/mol. The summed E-state index contributed by atoms with van der Waals surface area (Å²) in [4.78, 5) is 13.7. The highest BCUT2D eigenvalue weighted by molar-refractivity contribution is 7.30. The molecule has 1 rings (SSSR count). The highest BCUT2D eigenvalue weighted by Crippen LogP contribution is 2.61. The maximum Gasteiger partial charge on any atom is 0.384 e. The van der Waals surface area contributed by atoms with Gasteiger partial charge in [0.15, 0.2) is 0 Å². The van der Waals surface area contributed by atoms with Gasteiger partial charge in [0.2, 0.25) is 0 Å². The molecule has 302 valence electrons. The molecule has 0 spiro atoms. The van der Waals surface area contributed by atoms with Gasteiger partial charge in [0.1, 0.15) is 0 Å². The van der Waals surface area contributed by atoms with Gasteiger partial charge in [-0.25, -0.2) is 17.6 Å². The summed E-state index contributed by atoms with van der Waals surface area (Å²) in [5.41, 5.74) is -3.49. The van der Waals surface area contributed by atoms with Gasteiger partial charge >= 0.3 is 80.3 Å². The second kappa shape index (κ2) is 14.3. The lowest BCUT2D eigenvalue weighted by Crippen LogP contribution is -2.72. The number of alkyl halides is 24. The lowest BCUT2D eigenvalue weighted by molar-refractivity contribution is -0.417. The Morgan fingerprint density at radius 3 is 1.22 bits per heavy atom. The van der Waals surface area contributed by atoms with E-state index in [1.165, 1.54) is 0 Å². The summed E-state index contributed by atoms with van der Waals surface area (Å²) in [6, 6.07) is -2.05. The van der Waals surface area contributed by atoms with Crippen LogP contribution in [0.1, 0.15) is 39.5 Å². The molecule has 0 radical (unpaired) electrons. The highest BCUT2D eigenvalue weighted by atomic mass is 31.1. The zero-order valence-electron chi connectivity index (χ0n) is 24.1. The normalized spacial score (nSPS) is 21.9. The summed E-state index contributed by atoms with van der Waals surface area (Å²) in [6.45, 7) is -2.80. The monoisotopic (exact) mass is 823 g/mol. The molecule has 1 heterocycles. The molecule has 1 aliphatic heterocycles. The smallest absolute Gasteiger partial charge is 0.326 e. The quantitative estimate of drug-likeness (QED) is 0.136. The first-order chi connectivity index (χ1) is 21.5. The summed E-state index contributed by atoms with van der Waals surface area (Å²) >= 11 is 0. The number of halogens is 24. The van der Waals surface area contributed by atoms with Crippen LogP contribution in [-0.4, -0.2) is 105 Å². The minimum absolute atomic E-state index is 0.00259. The average molecular weight is 823 g/mol. The van der Waals surface area contributed by atoms with Crippen LogP contribution in [0.4, 0.5) is 105 Å². The first kappa shape index (κ1) is 48.4. The third-order valence-electron chi connectivity index (χ3n) is 7.42. The molecule has 0 aromatic carbocycles. The van der Waals surface area contributed by atoms with Gasteiger partial charge in [-0.1, -0.05) is 6.42 Å². The third kappa shape index (κ3) is 7.86. The van der Waals surface area contributed by atoms with Crippen LogP contribution in [-0.2, 0) is 4.57 Å². The molecule has 0 bridgehead atoms. The largest absolute Gasteiger partial charge is 0.384 e. The van der Waals surface area contributed by atoms with E-state index in [2.05, 4.69) is 0 Å². The Balaban J connectivity index is 0.00000567. The Morgan fingerprint density at radius 1 is 0.620 bits per heavy atom. The van der Waals surface area contributed by atoms with Crippen molar-refractivity contribution in [3.8, 4) is 0 Å². The fourth-order valence-electron chi connectivity index (χ4n) is 4.60. The first-order valence-corrected chi connectivity index (χ1v) is 13.9. The average Bonchev–Trinajstić information content (AvgIpc) is 2.89. The second-order valence-corrected chi connectivity index (χ2v) is 11.6. The predicted molar refractivity (Wildman–Crippen MR) is 118 cm³/mol. The lowest BCUT2D eigenvalue weighted by Gasteiger charge is -2.52. The third-order valence-corrected chi connectivity index (χ3v) is 7.42. The molecule has 2 unspecified atom stereocenters. The van der Waals surface area contributed by atoms with Crippen LogP contribution in [0.2, 0.25) is 0 Å². The van der Waals surface area contributed by atoms with Gasteiger partial charge in [-0.3, -0.25) is 9.46 Å². The Hall–Kier alpha value is -1.57. The van der Waals surface area contributed by atoms with Crippen LogP contribution in [0.3, 0.4) is 0 Å². The van der Waals surface area contributed by atoms with Crippen molar-refractivity contribution in [1.82, 2.24) is 4.90 Å². The van der Waals surface area contributed by atoms with E-state index in [0.717, 1.165) is 0 Å². The summed E-state index contributed by atoms with van der Waals surface area (Å²) in [7, 11) is -3.13. The Bertz CT molecular complexity index is 1180. The van der Waals surface area contributed by atoms with Gasteiger partial charge in [0.05, 0.1) is 6.54 Å². The SMILES string of the molecule is CC1CCCC(C)(CC(F)(F)C(F)(F)C(F)(F)C(F)(F)C(F)(F)C(F)F)N1CC(F)(F)C(F)(F)C(F)(F)C(F)(F)C(F)(F)C(F)F.O=[PH](O)O. The van der Waals surface area contributed by atoms with Crippen molar-refractivity contribution in [2.45, 2.75) is 123 Å². The lowest BCUT2D eigenvalue weighted by atomic mass is 9.77. The molecule has 0 aromatic heterocycles. The fourth-order valence-corrected chi connectivity index (χ4v) is 4.60. The van der Waals surface area contributed by atoms with Gasteiger partial charge in [0.25, 0.3) is 0 Å². The topological polar surface area (TPSA) is 60.8 Å². The highest BCUT2D eigenvalue weighted by Gasteiger charge is 2.89. The molecule has 1 fully saturated rings. The van der Waals surface area contributed by atoms with Crippen molar-refractivity contribution in [3.05, 3.63) is 0 Å². The van der Waals surface area contributed by atoms with E-state index >= 15 is 0 Å². The van der Waals surface area contributed by atoms with Crippen LogP contribution >= 0.6 is 8.25 Å². The van der Waals surface area contributed by atoms with Crippen LogP contribution < -0.4 is 0 Å². The van der Waals surface area contributed by atoms with E-state index in [0.29, 0.717) is 6.92 Å². The first-order valence-electron chi connectivity index (χ1n) is 12.6. The number of likely N-dealkylation sites (tertiary alicyclic amines) is 1. The standard InChI is InChI=1S/C21H19F24N.H3O3P/c1-8-4-3-5-11(2,6-12(26,27)16(34,35)20(42,43)18(38,39)14(30,31)9(22)23)46(8)7-13(28,29)17(36,37)21(44,45)19(40,41)15(32,33)10(24)25;1-4(2)3/h8-10H,3-7H2,1-2H3;4H,(H2,1,2,3). The van der Waals surface area contributed by atoms with Crippen LogP contribution in [0, 0.1) is 0 Å². The van der Waals surface area contributed by atoms with Gasteiger partial charge in [0, 0.05) is 18.0 Å². The van der Waals surface area contributed by atoms with Crippen molar-refractivity contribution in [1.29, 1.82) is 0 Å². The summed E-state index contributed by atoms with van der Waals surface area (Å²) in [6.07, 6.45) is -17.7. The minimum Gasteiger partial charge on any atom is -0.326 e. The summed E-state index contributed by atoms with van der Waals surface area (Å²) in [5.74, 6) is -76.5. The zero-order valence-corrected chi connectivity index (χ0v) is 25.1. The number of piperidine rings is 1. The Labute approximate surface area is 263 Å². The van der Waals surface area contributed by atoms with Crippen LogP contribution in [0.5, 0.6) is 0 Å². The van der Waals surface area contributed by atoms with Crippen molar-refractivity contribution < 1.29 is 120 Å². The molecule has 0 aromatic rings. The molecule has 1 aliphatic rings. The molecule has 0 amide bonds. The Kier molecular flexibility index (Phi) is 13.9. The summed E-state index contributed by atoms with van der Waals surface area (Å²) in [5, 5.41) is 0. The van der Waals surface area contributed by atoms with E-state index in [9.17, 15) is 105 Å². The molecule has 29 heteroatoms. The minimum atomic E-state index is -8.11. The zero-order chi connectivity index (χ0) is 40.9. The maximum atomic E-state index is 14.6. The van der Waals surface area contributed by atoms with E-state index in [4.69, 9.17) is 14.4 Å². The van der Waals surface area contributed by atoms with Gasteiger partial charge in [-0.15, -0.1) is 0 Å². The molecule has 0 saturated carbocycles. The number of hydrogen-bond acceptors (Lipinski definition) is 2. The van der Waals surface area contributed by atoms with E-state index in [-0.39, 0.29) is 6.92 Å². The van der Waals surface area contributed by atoms with Crippen molar-refractivity contribution in [2.75, 3.05) is 6.54 Å². The van der Waals surface area contributed by atoms with E-state index in [1.54, 1.807) is 0 Å². The van der Waals surface area contributed by atoms with Crippen molar-refractivity contribution in [3.63, 3.8) is 0 Å². The predicted octanol–water partition coefficient (Wildman–Crippen LogP) is 9.25. The summed E-state index contributed by atoms with van der Waals surface area (Å²) < 4.78 is 335. The molecular formula is C21H22F24NO3P. The second-order valence-electron chi connectivity index (χ2n) is 11.0. The molecule has 2 atom stereocenters. The van der Waals surface area contributed by atoms with Gasteiger partial charge in [-0.05, 0) is 26.7 Å². The van der Waals surface area contributed by atoms with E-state index < -0.39 is 129 Å². The fraction of sp³-hybridized carbons (Fsp3) is 1.00. The molecule has 4 nitrogen and oxygen atoms in total. The number of nitrogens with zero attached hydrogens (tertiary/aromatic N) is 1. The molecule has 2 N–H and O–H groups in total. The molecule has 1 saturated heterocycles. The van der Waals surface area contributed by atoms with Crippen LogP contribution in [0.25, 0.3) is 0 Å². The molecule has 0 aliphatic carbocycles. The Morgan fingerprint density at radius 2 is 0.920 bits per heavy atom. The number of hydrogen-bond donors (Lipinski definition) is 2. The van der Waals surface area contributed by atoms with Gasteiger partial charge in [-0.2, -0.15) is 87.8 Å². The van der Waals surface area contributed by atoms with Crippen LogP contribution in [0.15, 0.2) is 0 Å². The van der Waals surface area contributed by atoms with Crippen molar-refractivity contribution in [2.24, 2.45) is 0 Å². The molecule has 50 heavy (non-hydrogen) atoms.